The number of carbonyl (C=O) groups excluding carboxylic acids is 2. The number of likely N-dealkylation sites (N-methyl/N-ethyl adjacent to an activating group) is 1. The van der Waals surface area contributed by atoms with Crippen molar-refractivity contribution in [3.05, 3.63) is 39.9 Å². The number of halogens is 2. The summed E-state index contributed by atoms with van der Waals surface area (Å²) in [4.78, 5) is 23.1. The minimum Gasteiger partial charge on any atom is -0.355 e. The van der Waals surface area contributed by atoms with Gasteiger partial charge in [0.2, 0.25) is 11.8 Å². The molecule has 4 nitrogen and oxygen atoms in total. The van der Waals surface area contributed by atoms with E-state index in [1.165, 1.54) is 6.08 Å². The zero-order valence-corrected chi connectivity index (χ0v) is 12.8. The maximum Gasteiger partial charge on any atom is 0.244 e. The lowest BCUT2D eigenvalue weighted by atomic mass is 10.2. The Morgan fingerprint density at radius 3 is 2.65 bits per heavy atom. The van der Waals surface area contributed by atoms with Crippen molar-refractivity contribution < 1.29 is 9.59 Å². The zero-order chi connectivity index (χ0) is 15.1. The zero-order valence-electron chi connectivity index (χ0n) is 11.2. The van der Waals surface area contributed by atoms with Crippen LogP contribution in [0.1, 0.15) is 19.4 Å². The van der Waals surface area contributed by atoms with Gasteiger partial charge < -0.3 is 10.6 Å². The summed E-state index contributed by atoms with van der Waals surface area (Å²) in [6.45, 7) is 3.95. The Hall–Kier alpha value is -1.52. The lowest BCUT2D eigenvalue weighted by molar-refractivity contribution is -0.126. The van der Waals surface area contributed by atoms with Gasteiger partial charge in [0.1, 0.15) is 6.04 Å². The summed E-state index contributed by atoms with van der Waals surface area (Å²) >= 11 is 11.8. The van der Waals surface area contributed by atoms with Gasteiger partial charge in [-0.05, 0) is 37.6 Å². The predicted octanol–water partition coefficient (Wildman–Crippen LogP) is 2.65. The fraction of sp³-hybridized carbons (Fsp3) is 0.286. The Balaban J connectivity index is 2.61. The molecular weight excluding hydrogens is 299 g/mol. The van der Waals surface area contributed by atoms with E-state index in [0.717, 1.165) is 0 Å². The third-order valence-corrected chi connectivity index (χ3v) is 3.04. The Bertz CT molecular complexity index is 530. The molecule has 0 bridgehead atoms. The summed E-state index contributed by atoms with van der Waals surface area (Å²) in [6, 6.07) is 4.40. The highest BCUT2D eigenvalue weighted by atomic mass is 35.5. The third-order valence-electron chi connectivity index (χ3n) is 2.48. The molecule has 0 aliphatic rings. The van der Waals surface area contributed by atoms with Crippen LogP contribution in [0.4, 0.5) is 0 Å². The van der Waals surface area contributed by atoms with E-state index < -0.39 is 6.04 Å². The van der Waals surface area contributed by atoms with E-state index in [-0.39, 0.29) is 11.8 Å². The SMILES string of the molecule is CCNC(=O)[C@@H](C)NC(=O)/C=C/c1ccc(Cl)cc1Cl. The van der Waals surface area contributed by atoms with E-state index in [9.17, 15) is 9.59 Å². The summed E-state index contributed by atoms with van der Waals surface area (Å²) in [5.74, 6) is -0.589. The maximum atomic E-state index is 11.7. The van der Waals surface area contributed by atoms with Crippen LogP contribution in [0.2, 0.25) is 10.0 Å². The quantitative estimate of drug-likeness (QED) is 0.821. The summed E-state index contributed by atoms with van der Waals surface area (Å²) in [7, 11) is 0. The molecule has 20 heavy (non-hydrogen) atoms. The number of hydrogen-bond donors (Lipinski definition) is 2. The van der Waals surface area contributed by atoms with Crippen LogP contribution in [-0.4, -0.2) is 24.4 Å². The lowest BCUT2D eigenvalue weighted by Crippen LogP contribution is -2.44. The molecule has 0 saturated carbocycles. The van der Waals surface area contributed by atoms with Gasteiger partial charge in [-0.2, -0.15) is 0 Å². The fourth-order valence-electron chi connectivity index (χ4n) is 1.46. The molecule has 0 fully saturated rings. The van der Waals surface area contributed by atoms with E-state index in [1.807, 2.05) is 6.92 Å². The molecule has 0 aromatic heterocycles. The number of rotatable bonds is 5. The number of amides is 2. The van der Waals surface area contributed by atoms with E-state index in [4.69, 9.17) is 23.2 Å². The Morgan fingerprint density at radius 2 is 2.05 bits per heavy atom. The first-order valence-corrected chi connectivity index (χ1v) is 6.91. The van der Waals surface area contributed by atoms with Gasteiger partial charge in [-0.25, -0.2) is 0 Å². The Morgan fingerprint density at radius 1 is 1.35 bits per heavy atom. The predicted molar refractivity (Wildman–Crippen MR) is 81.8 cm³/mol. The second-order valence-corrected chi connectivity index (χ2v) is 4.97. The first kappa shape index (κ1) is 16.5. The third kappa shape index (κ3) is 5.23. The number of nitrogens with one attached hydrogen (secondary N) is 2. The van der Waals surface area contributed by atoms with Crippen molar-refractivity contribution in [1.82, 2.24) is 10.6 Å². The van der Waals surface area contributed by atoms with Gasteiger partial charge in [-0.3, -0.25) is 9.59 Å². The topological polar surface area (TPSA) is 58.2 Å². The van der Waals surface area contributed by atoms with Gasteiger partial charge in [0.05, 0.1) is 0 Å². The van der Waals surface area contributed by atoms with Crippen molar-refractivity contribution in [2.45, 2.75) is 19.9 Å². The van der Waals surface area contributed by atoms with Crippen LogP contribution in [0.3, 0.4) is 0 Å². The van der Waals surface area contributed by atoms with Crippen molar-refractivity contribution >= 4 is 41.1 Å². The Kier molecular flexibility index (Phi) is 6.55. The molecular formula is C14H16Cl2N2O2. The summed E-state index contributed by atoms with van der Waals surface area (Å²) in [6.07, 6.45) is 2.89. The second-order valence-electron chi connectivity index (χ2n) is 4.12. The van der Waals surface area contributed by atoms with Gasteiger partial charge in [-0.15, -0.1) is 0 Å². The average Bonchev–Trinajstić information content (AvgIpc) is 2.37. The smallest absolute Gasteiger partial charge is 0.244 e. The summed E-state index contributed by atoms with van der Waals surface area (Å²) in [5.41, 5.74) is 0.678. The minimum absolute atomic E-state index is 0.223. The Labute approximate surface area is 128 Å². The largest absolute Gasteiger partial charge is 0.355 e. The van der Waals surface area contributed by atoms with Gasteiger partial charge in [0, 0.05) is 22.7 Å². The van der Waals surface area contributed by atoms with Crippen molar-refractivity contribution in [2.75, 3.05) is 6.54 Å². The monoisotopic (exact) mass is 314 g/mol. The van der Waals surface area contributed by atoms with Crippen LogP contribution in [-0.2, 0) is 9.59 Å². The van der Waals surface area contributed by atoms with Crippen molar-refractivity contribution in [3.8, 4) is 0 Å². The van der Waals surface area contributed by atoms with Crippen molar-refractivity contribution in [2.24, 2.45) is 0 Å². The molecule has 2 amide bonds. The molecule has 1 atom stereocenters. The van der Waals surface area contributed by atoms with Crippen LogP contribution in [0.25, 0.3) is 6.08 Å². The van der Waals surface area contributed by atoms with E-state index in [1.54, 1.807) is 31.2 Å². The van der Waals surface area contributed by atoms with E-state index >= 15 is 0 Å². The first-order chi connectivity index (χ1) is 9.43. The molecule has 0 heterocycles. The van der Waals surface area contributed by atoms with Crippen LogP contribution in [0.5, 0.6) is 0 Å². The normalized spacial score (nSPS) is 12.2. The highest BCUT2D eigenvalue weighted by Gasteiger charge is 2.12. The molecule has 1 aromatic carbocycles. The molecule has 0 radical (unpaired) electrons. The molecule has 0 aliphatic carbocycles. The van der Waals surface area contributed by atoms with Gasteiger partial charge in [-0.1, -0.05) is 29.3 Å². The van der Waals surface area contributed by atoms with Gasteiger partial charge in [0.25, 0.3) is 0 Å². The molecule has 108 valence electrons. The highest BCUT2D eigenvalue weighted by Crippen LogP contribution is 2.21. The molecule has 6 heteroatoms. The first-order valence-electron chi connectivity index (χ1n) is 6.15. The summed E-state index contributed by atoms with van der Waals surface area (Å²) < 4.78 is 0. The van der Waals surface area contributed by atoms with Crippen LogP contribution >= 0.6 is 23.2 Å². The maximum absolute atomic E-state index is 11.7. The van der Waals surface area contributed by atoms with Crippen molar-refractivity contribution in [1.29, 1.82) is 0 Å². The molecule has 0 saturated heterocycles. The number of carbonyl (C=O) groups is 2. The molecule has 0 aliphatic heterocycles. The lowest BCUT2D eigenvalue weighted by Gasteiger charge is -2.11. The second kappa shape index (κ2) is 7.92. The van der Waals surface area contributed by atoms with E-state index in [0.29, 0.717) is 22.2 Å². The van der Waals surface area contributed by atoms with Gasteiger partial charge >= 0.3 is 0 Å². The van der Waals surface area contributed by atoms with Gasteiger partial charge in [0.15, 0.2) is 0 Å². The standard InChI is InChI=1S/C14H16Cl2N2O2/c1-3-17-14(20)9(2)18-13(19)7-5-10-4-6-11(15)8-12(10)16/h4-9H,3H2,1-2H3,(H,17,20)(H,18,19)/b7-5+/t9-/m1/s1. The molecule has 1 rings (SSSR count). The molecule has 0 unspecified atom stereocenters. The number of hydrogen-bond acceptors (Lipinski definition) is 2. The fourth-order valence-corrected chi connectivity index (χ4v) is 1.93. The number of benzene rings is 1. The molecule has 2 N–H and O–H groups in total. The van der Waals surface area contributed by atoms with Crippen LogP contribution in [0, 0.1) is 0 Å². The molecule has 1 aromatic rings. The van der Waals surface area contributed by atoms with Crippen molar-refractivity contribution in [3.63, 3.8) is 0 Å². The van der Waals surface area contributed by atoms with Crippen LogP contribution in [0.15, 0.2) is 24.3 Å². The minimum atomic E-state index is -0.590. The van der Waals surface area contributed by atoms with E-state index in [2.05, 4.69) is 10.6 Å². The highest BCUT2D eigenvalue weighted by molar-refractivity contribution is 6.35. The summed E-state index contributed by atoms with van der Waals surface area (Å²) in [5, 5.41) is 6.17. The van der Waals surface area contributed by atoms with Crippen LogP contribution < -0.4 is 10.6 Å². The molecule has 0 spiro atoms. The average molecular weight is 315 g/mol.